The van der Waals surface area contributed by atoms with Gasteiger partial charge in [0.1, 0.15) is 12.0 Å². The normalized spacial score (nSPS) is 24.5. The minimum atomic E-state index is -0.398. The van der Waals surface area contributed by atoms with Crippen molar-refractivity contribution in [3.63, 3.8) is 0 Å². The Hall–Kier alpha value is -2.17. The third-order valence-electron chi connectivity index (χ3n) is 4.17. The van der Waals surface area contributed by atoms with Crippen LogP contribution < -0.4 is 0 Å². The lowest BCUT2D eigenvalue weighted by Crippen LogP contribution is -2.28. The molecule has 1 saturated heterocycles. The van der Waals surface area contributed by atoms with E-state index in [0.29, 0.717) is 6.61 Å². The van der Waals surface area contributed by atoms with Crippen LogP contribution in [0.3, 0.4) is 0 Å². The third-order valence-corrected chi connectivity index (χ3v) is 4.17. The highest BCUT2D eigenvalue weighted by Crippen LogP contribution is 2.46. The van der Waals surface area contributed by atoms with Crippen LogP contribution >= 0.6 is 0 Å². The zero-order chi connectivity index (χ0) is 16.2. The summed E-state index contributed by atoms with van der Waals surface area (Å²) in [5.41, 5.74) is 2.03. The van der Waals surface area contributed by atoms with E-state index in [1.165, 1.54) is 0 Å². The molecule has 0 aliphatic carbocycles. The summed E-state index contributed by atoms with van der Waals surface area (Å²) in [6, 6.07) is 19.6. The van der Waals surface area contributed by atoms with Crippen LogP contribution in [-0.2, 0) is 14.4 Å². The number of esters is 1. The van der Waals surface area contributed by atoms with E-state index in [2.05, 4.69) is 0 Å². The molecule has 2 aromatic rings. The summed E-state index contributed by atoms with van der Waals surface area (Å²) in [7, 11) is 1.87. The summed E-state index contributed by atoms with van der Waals surface area (Å²) in [6.07, 6.45) is -0.342. The summed E-state index contributed by atoms with van der Waals surface area (Å²) in [4.78, 5) is 18.7. The van der Waals surface area contributed by atoms with Gasteiger partial charge in [-0.15, -0.1) is 0 Å². The summed E-state index contributed by atoms with van der Waals surface area (Å²) < 4.78 is 5.33. The third kappa shape index (κ3) is 3.14. The first-order valence-corrected chi connectivity index (χ1v) is 7.88. The Kier molecular flexibility index (Phi) is 4.74. The Morgan fingerprint density at radius 1 is 1.04 bits per heavy atom. The van der Waals surface area contributed by atoms with Crippen molar-refractivity contribution in [2.75, 3.05) is 13.7 Å². The van der Waals surface area contributed by atoms with Crippen molar-refractivity contribution < 1.29 is 14.4 Å². The van der Waals surface area contributed by atoms with Gasteiger partial charge in [-0.1, -0.05) is 60.7 Å². The molecule has 1 heterocycles. The molecule has 1 fully saturated rings. The van der Waals surface area contributed by atoms with Crippen LogP contribution in [0.4, 0.5) is 0 Å². The molecule has 0 bridgehead atoms. The van der Waals surface area contributed by atoms with Crippen molar-refractivity contribution in [1.82, 2.24) is 5.06 Å². The molecule has 0 radical (unpaired) electrons. The predicted molar refractivity (Wildman–Crippen MR) is 87.3 cm³/mol. The monoisotopic (exact) mass is 311 g/mol. The second-order valence-electron chi connectivity index (χ2n) is 5.62. The number of nitrogens with zero attached hydrogens (tertiary/aromatic N) is 1. The second-order valence-corrected chi connectivity index (χ2v) is 5.62. The average molecular weight is 311 g/mol. The van der Waals surface area contributed by atoms with Crippen LogP contribution in [-0.4, -0.2) is 24.7 Å². The number of benzene rings is 2. The Labute approximate surface area is 136 Å². The molecule has 3 atom stereocenters. The maximum absolute atomic E-state index is 12.6. The number of ether oxygens (including phenoxy) is 1. The molecule has 0 aromatic heterocycles. The molecule has 4 nitrogen and oxygen atoms in total. The number of hydroxylamine groups is 2. The molecular formula is C19H21NO3. The maximum Gasteiger partial charge on any atom is 0.314 e. The number of carbonyl (C=O) groups is 1. The summed E-state index contributed by atoms with van der Waals surface area (Å²) in [6.45, 7) is 2.19. The van der Waals surface area contributed by atoms with E-state index in [-0.39, 0.29) is 18.1 Å². The van der Waals surface area contributed by atoms with Gasteiger partial charge in [0.25, 0.3) is 0 Å². The molecule has 1 aliphatic heterocycles. The van der Waals surface area contributed by atoms with Gasteiger partial charge in [-0.05, 0) is 18.1 Å². The zero-order valence-corrected chi connectivity index (χ0v) is 13.4. The van der Waals surface area contributed by atoms with Gasteiger partial charge >= 0.3 is 5.97 Å². The van der Waals surface area contributed by atoms with Crippen molar-refractivity contribution in [1.29, 1.82) is 0 Å². The summed E-state index contributed by atoms with van der Waals surface area (Å²) in [5.74, 6) is -0.621. The highest BCUT2D eigenvalue weighted by Gasteiger charge is 2.48. The van der Waals surface area contributed by atoms with Crippen LogP contribution in [0.1, 0.15) is 30.2 Å². The van der Waals surface area contributed by atoms with Gasteiger partial charge < -0.3 is 4.74 Å². The number of hydrogen-bond acceptors (Lipinski definition) is 4. The fraction of sp³-hybridized carbons (Fsp3) is 0.316. The summed E-state index contributed by atoms with van der Waals surface area (Å²) in [5, 5.41) is 1.77. The van der Waals surface area contributed by atoms with Gasteiger partial charge in [-0.3, -0.25) is 9.63 Å². The van der Waals surface area contributed by atoms with Crippen molar-refractivity contribution >= 4 is 5.97 Å². The molecule has 120 valence electrons. The van der Waals surface area contributed by atoms with E-state index >= 15 is 0 Å². The average Bonchev–Trinajstić information content (AvgIpc) is 2.94. The first-order chi connectivity index (χ1) is 11.2. The highest BCUT2D eigenvalue weighted by molar-refractivity contribution is 5.75. The van der Waals surface area contributed by atoms with Crippen molar-refractivity contribution in [3.8, 4) is 0 Å². The predicted octanol–water partition coefficient (Wildman–Crippen LogP) is 3.53. The van der Waals surface area contributed by atoms with E-state index in [0.717, 1.165) is 11.1 Å². The number of carbonyl (C=O) groups excluding carboxylic acids is 1. The Morgan fingerprint density at radius 3 is 2.17 bits per heavy atom. The molecule has 3 rings (SSSR count). The summed E-state index contributed by atoms with van der Waals surface area (Å²) >= 11 is 0. The number of rotatable bonds is 4. The molecule has 23 heavy (non-hydrogen) atoms. The van der Waals surface area contributed by atoms with Crippen LogP contribution in [0.5, 0.6) is 0 Å². The molecule has 4 heteroatoms. The fourth-order valence-electron chi connectivity index (χ4n) is 3.17. The van der Waals surface area contributed by atoms with Crippen LogP contribution in [0.25, 0.3) is 0 Å². The topological polar surface area (TPSA) is 38.8 Å². The van der Waals surface area contributed by atoms with Crippen LogP contribution in [0, 0.1) is 5.92 Å². The molecule has 0 amide bonds. The Balaban J connectivity index is 1.99. The first kappa shape index (κ1) is 15.7. The van der Waals surface area contributed by atoms with Gasteiger partial charge in [-0.2, -0.15) is 5.06 Å². The zero-order valence-electron chi connectivity index (χ0n) is 13.4. The van der Waals surface area contributed by atoms with E-state index in [4.69, 9.17) is 9.57 Å². The lowest BCUT2D eigenvalue weighted by atomic mass is 9.86. The quantitative estimate of drug-likeness (QED) is 0.810. The Morgan fingerprint density at radius 2 is 1.61 bits per heavy atom. The van der Waals surface area contributed by atoms with E-state index in [1.54, 1.807) is 5.06 Å². The number of hydrogen-bond donors (Lipinski definition) is 0. The van der Waals surface area contributed by atoms with Gasteiger partial charge in [0.15, 0.2) is 0 Å². The minimum Gasteiger partial charge on any atom is -0.466 e. The van der Waals surface area contributed by atoms with E-state index < -0.39 is 5.92 Å². The fourth-order valence-corrected chi connectivity index (χ4v) is 3.17. The molecular weight excluding hydrogens is 290 g/mol. The molecule has 2 aromatic carbocycles. The standard InChI is InChI=1S/C19H21NO3/c1-3-22-19(21)16-17(14-10-6-4-7-11-14)20(2)23-18(16)15-12-8-5-9-13-15/h4-13,16-18H,3H2,1-2H3/t16-,17-,18+/m0/s1. The van der Waals surface area contributed by atoms with Gasteiger partial charge in [0.05, 0.1) is 12.6 Å². The van der Waals surface area contributed by atoms with Crippen molar-refractivity contribution in [2.24, 2.45) is 5.92 Å². The largest absolute Gasteiger partial charge is 0.466 e. The second kappa shape index (κ2) is 6.94. The molecule has 0 saturated carbocycles. The smallest absolute Gasteiger partial charge is 0.314 e. The first-order valence-electron chi connectivity index (χ1n) is 7.88. The SMILES string of the molecule is CCOC(=O)[C@@H]1[C@@H](c2ccccc2)ON(C)[C@H]1c1ccccc1. The van der Waals surface area contributed by atoms with Gasteiger partial charge in [0.2, 0.25) is 0 Å². The van der Waals surface area contributed by atoms with Gasteiger partial charge in [-0.25, -0.2) is 0 Å². The lowest BCUT2D eigenvalue weighted by Gasteiger charge is -2.22. The molecule has 0 spiro atoms. The molecule has 1 aliphatic rings. The van der Waals surface area contributed by atoms with Crippen molar-refractivity contribution in [2.45, 2.75) is 19.1 Å². The molecule has 0 N–H and O–H groups in total. The van der Waals surface area contributed by atoms with E-state index in [9.17, 15) is 4.79 Å². The highest BCUT2D eigenvalue weighted by atomic mass is 16.7. The van der Waals surface area contributed by atoms with Crippen molar-refractivity contribution in [3.05, 3.63) is 71.8 Å². The maximum atomic E-state index is 12.6. The van der Waals surface area contributed by atoms with Crippen LogP contribution in [0.2, 0.25) is 0 Å². The Bertz CT molecular complexity index is 644. The van der Waals surface area contributed by atoms with Gasteiger partial charge in [0, 0.05) is 7.05 Å². The molecule has 0 unspecified atom stereocenters. The lowest BCUT2D eigenvalue weighted by molar-refractivity contribution is -0.154. The van der Waals surface area contributed by atoms with E-state index in [1.807, 2.05) is 74.6 Å². The minimum absolute atomic E-state index is 0.166. The van der Waals surface area contributed by atoms with Crippen LogP contribution in [0.15, 0.2) is 60.7 Å².